The quantitative estimate of drug-likeness (QED) is 0.609. The second-order valence-corrected chi connectivity index (χ2v) is 8.74. The van der Waals surface area contributed by atoms with E-state index in [1.54, 1.807) is 23.9 Å². The number of anilines is 1. The fourth-order valence-corrected chi connectivity index (χ4v) is 4.53. The smallest absolute Gasteiger partial charge is 0.219 e. The third kappa shape index (κ3) is 4.45. The summed E-state index contributed by atoms with van der Waals surface area (Å²) in [5.41, 5.74) is 4.26. The Morgan fingerprint density at radius 1 is 1.06 bits per heavy atom. The van der Waals surface area contributed by atoms with E-state index >= 15 is 0 Å². The Hall–Kier alpha value is -3.33. The molecule has 0 aliphatic carbocycles. The second-order valence-electron chi connectivity index (χ2n) is 8.74. The van der Waals surface area contributed by atoms with Crippen molar-refractivity contribution in [3.05, 3.63) is 59.4 Å². The molecule has 0 saturated carbocycles. The molecule has 2 aliphatic heterocycles. The van der Waals surface area contributed by atoms with Crippen molar-refractivity contribution < 1.29 is 9.18 Å². The van der Waals surface area contributed by atoms with Gasteiger partial charge in [-0.1, -0.05) is 18.2 Å². The molecule has 0 N–H and O–H groups in total. The van der Waals surface area contributed by atoms with Crippen molar-refractivity contribution in [1.82, 2.24) is 29.5 Å². The topological polar surface area (TPSA) is 70.4 Å². The fourth-order valence-electron chi connectivity index (χ4n) is 4.53. The highest BCUT2D eigenvalue weighted by atomic mass is 19.1. The Labute approximate surface area is 192 Å². The predicted octanol–water partition coefficient (Wildman–Crippen LogP) is 2.24. The molecule has 9 heteroatoms. The molecule has 0 spiro atoms. The number of benzene rings is 1. The van der Waals surface area contributed by atoms with E-state index in [1.807, 2.05) is 30.3 Å². The molecule has 1 saturated heterocycles. The lowest BCUT2D eigenvalue weighted by atomic mass is 10.1. The van der Waals surface area contributed by atoms with Crippen LogP contribution < -0.4 is 4.90 Å². The molecule has 4 heterocycles. The second kappa shape index (κ2) is 8.90. The lowest BCUT2D eigenvalue weighted by Gasteiger charge is -2.37. The van der Waals surface area contributed by atoms with Crippen LogP contribution in [0.15, 0.2) is 36.7 Å². The summed E-state index contributed by atoms with van der Waals surface area (Å²) >= 11 is 0. The molecule has 0 bridgehead atoms. The Balaban J connectivity index is 1.39. The first-order valence-electron chi connectivity index (χ1n) is 11.3. The molecular weight excluding hydrogens is 421 g/mol. The summed E-state index contributed by atoms with van der Waals surface area (Å²) in [7, 11) is 1.88. The van der Waals surface area contributed by atoms with Gasteiger partial charge >= 0.3 is 0 Å². The maximum Gasteiger partial charge on any atom is 0.219 e. The number of aromatic nitrogens is 4. The van der Waals surface area contributed by atoms with Crippen LogP contribution in [0.4, 0.5) is 10.2 Å². The molecule has 2 aromatic heterocycles. The Bertz CT molecular complexity index is 1170. The van der Waals surface area contributed by atoms with E-state index < -0.39 is 0 Å². The van der Waals surface area contributed by atoms with Gasteiger partial charge in [0.25, 0.3) is 0 Å². The van der Waals surface area contributed by atoms with Crippen LogP contribution in [0.2, 0.25) is 0 Å². The van der Waals surface area contributed by atoms with Crippen molar-refractivity contribution in [1.29, 1.82) is 0 Å². The van der Waals surface area contributed by atoms with E-state index in [0.717, 1.165) is 60.2 Å². The van der Waals surface area contributed by atoms with Gasteiger partial charge in [-0.3, -0.25) is 14.4 Å². The van der Waals surface area contributed by atoms with Crippen LogP contribution in [0.5, 0.6) is 0 Å². The molecule has 1 aromatic carbocycles. The normalized spacial score (nSPS) is 16.7. The Kier molecular flexibility index (Phi) is 5.80. The Morgan fingerprint density at radius 2 is 1.85 bits per heavy atom. The van der Waals surface area contributed by atoms with Gasteiger partial charge in [0.05, 0.1) is 24.1 Å². The first kappa shape index (κ1) is 21.5. The molecular formula is C24H28FN7O. The average Bonchev–Trinajstić information content (AvgIpc) is 3.26. The maximum absolute atomic E-state index is 14.1. The first-order valence-corrected chi connectivity index (χ1v) is 11.3. The number of hydrogen-bond donors (Lipinski definition) is 0. The van der Waals surface area contributed by atoms with Crippen LogP contribution in [0.25, 0.3) is 11.3 Å². The molecule has 0 atom stereocenters. The standard InChI is InChI=1S/C24H28FN7O/c1-17(33)32-8-7-21-22(16-32)27-23(19-13-26-29(2)14-19)24(28-21)31-11-9-30(10-12-31)15-18-5-3-4-6-20(18)25/h3-6,13-14H,7-12,15-16H2,1-2H3. The van der Waals surface area contributed by atoms with Gasteiger partial charge in [-0.25, -0.2) is 14.4 Å². The van der Waals surface area contributed by atoms with Crippen LogP contribution in [0.1, 0.15) is 23.9 Å². The minimum absolute atomic E-state index is 0.0560. The lowest BCUT2D eigenvalue weighted by Crippen LogP contribution is -2.46. The molecule has 5 rings (SSSR count). The number of hydrogen-bond acceptors (Lipinski definition) is 6. The SMILES string of the molecule is CC(=O)N1CCc2nc(N3CCN(Cc4ccccc4F)CC3)c(-c3cnn(C)c3)nc2C1. The highest BCUT2D eigenvalue weighted by Gasteiger charge is 2.27. The molecule has 1 fully saturated rings. The van der Waals surface area contributed by atoms with Gasteiger partial charge < -0.3 is 9.80 Å². The van der Waals surface area contributed by atoms with Crippen molar-refractivity contribution >= 4 is 11.7 Å². The van der Waals surface area contributed by atoms with Gasteiger partial charge in [0.15, 0.2) is 5.82 Å². The van der Waals surface area contributed by atoms with Gasteiger partial charge in [-0.15, -0.1) is 0 Å². The molecule has 1 amide bonds. The fraction of sp³-hybridized carbons (Fsp3) is 0.417. The summed E-state index contributed by atoms with van der Waals surface area (Å²) in [4.78, 5) is 28.3. The van der Waals surface area contributed by atoms with Crippen LogP contribution in [-0.2, 0) is 31.4 Å². The van der Waals surface area contributed by atoms with Crippen molar-refractivity contribution in [3.63, 3.8) is 0 Å². The number of rotatable bonds is 4. The van der Waals surface area contributed by atoms with E-state index in [9.17, 15) is 9.18 Å². The van der Waals surface area contributed by atoms with E-state index in [1.165, 1.54) is 6.07 Å². The zero-order chi connectivity index (χ0) is 22.9. The monoisotopic (exact) mass is 449 g/mol. The largest absolute Gasteiger partial charge is 0.352 e. The zero-order valence-electron chi connectivity index (χ0n) is 19.0. The number of halogens is 1. The summed E-state index contributed by atoms with van der Waals surface area (Å²) in [6.07, 6.45) is 4.45. The number of carbonyl (C=O) groups excluding carboxylic acids is 1. The van der Waals surface area contributed by atoms with E-state index in [2.05, 4.69) is 14.9 Å². The molecule has 8 nitrogen and oxygen atoms in total. The third-order valence-electron chi connectivity index (χ3n) is 6.44. The summed E-state index contributed by atoms with van der Waals surface area (Å²) in [5.74, 6) is 0.767. The maximum atomic E-state index is 14.1. The van der Waals surface area contributed by atoms with E-state index in [4.69, 9.17) is 9.97 Å². The Morgan fingerprint density at radius 3 is 2.55 bits per heavy atom. The molecule has 0 radical (unpaired) electrons. The van der Waals surface area contributed by atoms with Crippen LogP contribution in [-0.4, -0.2) is 68.2 Å². The molecule has 33 heavy (non-hydrogen) atoms. The van der Waals surface area contributed by atoms with Crippen LogP contribution in [0.3, 0.4) is 0 Å². The van der Waals surface area contributed by atoms with E-state index in [-0.39, 0.29) is 11.7 Å². The van der Waals surface area contributed by atoms with Crippen molar-refractivity contribution in [2.45, 2.75) is 26.4 Å². The molecule has 2 aliphatic rings. The summed E-state index contributed by atoms with van der Waals surface area (Å²) < 4.78 is 15.8. The number of amides is 1. The van der Waals surface area contributed by atoms with Gasteiger partial charge in [0.2, 0.25) is 5.91 Å². The zero-order valence-corrected chi connectivity index (χ0v) is 19.0. The predicted molar refractivity (Wildman–Crippen MR) is 123 cm³/mol. The minimum Gasteiger partial charge on any atom is -0.352 e. The van der Waals surface area contributed by atoms with Crippen molar-refractivity contribution in [3.8, 4) is 11.3 Å². The van der Waals surface area contributed by atoms with Gasteiger partial charge in [0.1, 0.15) is 11.5 Å². The number of nitrogens with zero attached hydrogens (tertiary/aromatic N) is 7. The number of fused-ring (bicyclic) bond motifs is 1. The summed E-state index contributed by atoms with van der Waals surface area (Å²) in [6, 6.07) is 6.97. The highest BCUT2D eigenvalue weighted by molar-refractivity contribution is 5.74. The van der Waals surface area contributed by atoms with Crippen LogP contribution >= 0.6 is 0 Å². The third-order valence-corrected chi connectivity index (χ3v) is 6.44. The number of aryl methyl sites for hydroxylation is 1. The molecule has 3 aromatic rings. The molecule has 172 valence electrons. The molecule has 0 unspecified atom stereocenters. The minimum atomic E-state index is -0.154. The number of piperazine rings is 1. The van der Waals surface area contributed by atoms with Crippen LogP contribution in [0, 0.1) is 5.82 Å². The summed E-state index contributed by atoms with van der Waals surface area (Å²) in [6.45, 7) is 6.56. The van der Waals surface area contributed by atoms with Gasteiger partial charge in [-0.05, 0) is 6.07 Å². The summed E-state index contributed by atoms with van der Waals surface area (Å²) in [5, 5.41) is 4.32. The van der Waals surface area contributed by atoms with Gasteiger partial charge in [-0.2, -0.15) is 5.10 Å². The van der Waals surface area contributed by atoms with Crippen molar-refractivity contribution in [2.75, 3.05) is 37.6 Å². The highest BCUT2D eigenvalue weighted by Crippen LogP contribution is 2.31. The van der Waals surface area contributed by atoms with Gasteiger partial charge in [0, 0.05) is 77.0 Å². The van der Waals surface area contributed by atoms with Crippen molar-refractivity contribution in [2.24, 2.45) is 7.05 Å². The lowest BCUT2D eigenvalue weighted by molar-refractivity contribution is -0.129. The number of carbonyl (C=O) groups is 1. The average molecular weight is 450 g/mol. The first-order chi connectivity index (χ1) is 16.0. The van der Waals surface area contributed by atoms with E-state index in [0.29, 0.717) is 26.1 Å².